The molecule has 0 bridgehead atoms. The lowest BCUT2D eigenvalue weighted by Gasteiger charge is -2.28. The van der Waals surface area contributed by atoms with Crippen LogP contribution >= 0.6 is 0 Å². The fraction of sp³-hybridized carbons (Fsp3) is 0.333. The van der Waals surface area contributed by atoms with Gasteiger partial charge in [-0.15, -0.1) is 0 Å². The van der Waals surface area contributed by atoms with Gasteiger partial charge in [0, 0.05) is 61.1 Å². The lowest BCUT2D eigenvalue weighted by molar-refractivity contribution is -0.175. The Hall–Kier alpha value is -5.60. The van der Waals surface area contributed by atoms with Crippen LogP contribution in [0.2, 0.25) is 0 Å². The molecule has 4 aromatic rings. The molecule has 3 unspecified atom stereocenters. The minimum absolute atomic E-state index is 0.00540. The lowest BCUT2D eigenvalue weighted by Crippen LogP contribution is -2.46. The molecule has 3 heterocycles. The predicted octanol–water partition coefficient (Wildman–Crippen LogP) is 6.34. The van der Waals surface area contributed by atoms with Gasteiger partial charge in [-0.1, -0.05) is 30.3 Å². The highest BCUT2D eigenvalue weighted by Gasteiger charge is 2.61. The number of aromatic nitrogens is 3. The van der Waals surface area contributed by atoms with Crippen LogP contribution in [0.4, 0.5) is 28.3 Å². The third-order valence-electron chi connectivity index (χ3n) is 8.84. The number of halogens is 4. The predicted molar refractivity (Wildman–Crippen MR) is 179 cm³/mol. The van der Waals surface area contributed by atoms with Crippen LogP contribution in [0.3, 0.4) is 0 Å². The Morgan fingerprint density at radius 1 is 0.980 bits per heavy atom. The molecule has 2 aromatic carbocycles. The van der Waals surface area contributed by atoms with Crippen LogP contribution in [-0.4, -0.2) is 62.9 Å². The number of carbonyl (C=O) groups excluding carboxylic acids is 2. The number of carbonyl (C=O) groups is 2. The maximum absolute atomic E-state index is 14.1. The second kappa shape index (κ2) is 14.3. The maximum Gasteiger partial charge on any atom is 0.408 e. The van der Waals surface area contributed by atoms with Gasteiger partial charge < -0.3 is 19.7 Å². The Labute approximate surface area is 291 Å². The Balaban J connectivity index is 1.15. The molecule has 51 heavy (non-hydrogen) atoms. The van der Waals surface area contributed by atoms with E-state index in [0.29, 0.717) is 16.8 Å². The van der Waals surface area contributed by atoms with Crippen LogP contribution in [0, 0.1) is 23.6 Å². The van der Waals surface area contributed by atoms with E-state index in [2.05, 4.69) is 30.8 Å². The number of nitrogens with one attached hydrogen (secondary N) is 2. The van der Waals surface area contributed by atoms with E-state index in [-0.39, 0.29) is 43.3 Å². The van der Waals surface area contributed by atoms with Crippen LogP contribution < -0.4 is 15.5 Å². The molecule has 3 atom stereocenters. The average Bonchev–Trinajstić information content (AvgIpc) is 3.51. The highest BCUT2D eigenvalue weighted by molar-refractivity contribution is 6.04. The highest BCUT2D eigenvalue weighted by atomic mass is 19.4. The number of hydrogen-bond acceptors (Lipinski definition) is 9. The van der Waals surface area contributed by atoms with E-state index in [1.807, 2.05) is 30.3 Å². The Bertz CT molecular complexity index is 1880. The van der Waals surface area contributed by atoms with Gasteiger partial charge in [0.05, 0.1) is 11.4 Å². The van der Waals surface area contributed by atoms with Crippen molar-refractivity contribution in [2.75, 3.05) is 18.5 Å². The number of alkyl carbamates (subject to hydrolysis) is 1. The summed E-state index contributed by atoms with van der Waals surface area (Å²) in [5.41, 5.74) is 3.20. The average molecular weight is 706 g/mol. The van der Waals surface area contributed by atoms with Crippen molar-refractivity contribution in [1.82, 2.24) is 25.2 Å². The molecule has 1 saturated heterocycles. The molecule has 1 aliphatic heterocycles. The summed E-state index contributed by atoms with van der Waals surface area (Å²) in [6.45, 7) is 4.94. The van der Waals surface area contributed by atoms with E-state index in [9.17, 15) is 27.2 Å². The van der Waals surface area contributed by atoms with E-state index >= 15 is 0 Å². The van der Waals surface area contributed by atoms with Crippen molar-refractivity contribution in [2.45, 2.75) is 45.2 Å². The van der Waals surface area contributed by atoms with Gasteiger partial charge in [-0.05, 0) is 62.7 Å². The Morgan fingerprint density at radius 3 is 2.29 bits per heavy atom. The number of pyridine rings is 1. The maximum atomic E-state index is 14.1. The molecule has 2 amide bonds. The number of anilines is 1. The number of ether oxygens (including phenoxy) is 2. The standard InChI is InChI=1S/C36H35F4N7O4/c1-21(45-46-33-41-14-7-15-42-33)30(36(38,39)40)32(48)47-19-26-27(20-47)31(26)50-29-17-24(16-28(44-29)23-10-12-25(37)13-11-23)35(2,3)51-34(49)43-18-22-8-5-4-6-9-22/h4-17,26-27,30-31H,18-20H2,1-3H3,(H,43,49)(H,41,42,46)/b45-21+. The number of likely N-dealkylation sites (tertiary alicyclic amines) is 1. The summed E-state index contributed by atoms with van der Waals surface area (Å²) in [7, 11) is 0. The molecule has 2 fully saturated rings. The number of benzene rings is 2. The molecule has 1 saturated carbocycles. The number of amides is 2. The van der Waals surface area contributed by atoms with Gasteiger partial charge in [0.25, 0.3) is 0 Å². The molecule has 0 spiro atoms. The lowest BCUT2D eigenvalue weighted by atomic mass is 9.96. The van der Waals surface area contributed by atoms with E-state index < -0.39 is 47.3 Å². The first kappa shape index (κ1) is 35.2. The molecular formula is C36H35F4N7O4. The molecule has 2 N–H and O–H groups in total. The third-order valence-corrected chi connectivity index (χ3v) is 8.84. The molecule has 1 aliphatic carbocycles. The number of alkyl halides is 3. The first-order valence-corrected chi connectivity index (χ1v) is 16.2. The first-order chi connectivity index (χ1) is 24.3. The van der Waals surface area contributed by atoms with Crippen molar-refractivity contribution in [2.24, 2.45) is 22.9 Å². The van der Waals surface area contributed by atoms with Crippen molar-refractivity contribution in [3.05, 3.63) is 102 Å². The van der Waals surface area contributed by atoms with Crippen LogP contribution in [0.1, 0.15) is 31.9 Å². The summed E-state index contributed by atoms with van der Waals surface area (Å²) < 4.78 is 68.2. The monoisotopic (exact) mass is 705 g/mol. The van der Waals surface area contributed by atoms with Gasteiger partial charge in [-0.3, -0.25) is 4.79 Å². The summed E-state index contributed by atoms with van der Waals surface area (Å²) in [5, 5.41) is 6.49. The second-order valence-corrected chi connectivity index (χ2v) is 12.9. The molecule has 6 rings (SSSR count). The topological polar surface area (TPSA) is 131 Å². The van der Waals surface area contributed by atoms with Crippen molar-refractivity contribution < 1.29 is 36.6 Å². The molecular weight excluding hydrogens is 670 g/mol. The van der Waals surface area contributed by atoms with Gasteiger partial charge in [0.15, 0.2) is 5.92 Å². The minimum Gasteiger partial charge on any atom is -0.474 e. The normalized spacial score (nSPS) is 19.2. The largest absolute Gasteiger partial charge is 0.474 e. The molecule has 2 aromatic heterocycles. The highest BCUT2D eigenvalue weighted by Crippen LogP contribution is 2.49. The Morgan fingerprint density at radius 2 is 1.65 bits per heavy atom. The fourth-order valence-corrected chi connectivity index (χ4v) is 6.04. The van der Waals surface area contributed by atoms with Crippen molar-refractivity contribution in [1.29, 1.82) is 0 Å². The van der Waals surface area contributed by atoms with Crippen molar-refractivity contribution in [3.8, 4) is 17.1 Å². The van der Waals surface area contributed by atoms with Crippen LogP contribution in [-0.2, 0) is 21.7 Å². The smallest absolute Gasteiger partial charge is 0.408 e. The van der Waals surface area contributed by atoms with Gasteiger partial charge in [0.1, 0.15) is 17.5 Å². The molecule has 0 radical (unpaired) electrons. The Kier molecular flexibility index (Phi) is 9.90. The van der Waals surface area contributed by atoms with Crippen molar-refractivity contribution >= 4 is 23.7 Å². The number of fused-ring (bicyclic) bond motifs is 1. The zero-order chi connectivity index (χ0) is 36.3. The molecule has 11 nitrogen and oxygen atoms in total. The number of hydrazone groups is 1. The minimum atomic E-state index is -4.87. The fourth-order valence-electron chi connectivity index (χ4n) is 6.04. The number of piperidine rings is 1. The van der Waals surface area contributed by atoms with Crippen LogP contribution in [0.15, 0.2) is 90.3 Å². The SMILES string of the molecule is C/C(=N\Nc1ncccn1)C(C(=O)N1CC2C(C1)C2Oc1cc(C(C)(C)OC(=O)NCc2ccccc2)cc(-c2ccc(F)cc2)n1)C(F)(F)F. The summed E-state index contributed by atoms with van der Waals surface area (Å²) in [6, 6.07) is 20.0. The zero-order valence-electron chi connectivity index (χ0n) is 27.9. The summed E-state index contributed by atoms with van der Waals surface area (Å²) in [6.07, 6.45) is -3.13. The van der Waals surface area contributed by atoms with Gasteiger partial charge in [0.2, 0.25) is 17.7 Å². The molecule has 2 aliphatic rings. The van der Waals surface area contributed by atoms with Crippen molar-refractivity contribution in [3.63, 3.8) is 0 Å². The summed E-state index contributed by atoms with van der Waals surface area (Å²) in [5.74, 6) is -4.23. The van der Waals surface area contributed by atoms with E-state index in [0.717, 1.165) is 12.5 Å². The summed E-state index contributed by atoms with van der Waals surface area (Å²) in [4.78, 5) is 39.6. The third kappa shape index (κ3) is 8.41. The van der Waals surface area contributed by atoms with Gasteiger partial charge in [-0.25, -0.2) is 29.6 Å². The van der Waals surface area contributed by atoms with Crippen LogP contribution in [0.25, 0.3) is 11.3 Å². The second-order valence-electron chi connectivity index (χ2n) is 12.9. The summed E-state index contributed by atoms with van der Waals surface area (Å²) >= 11 is 0. The number of hydrogen-bond donors (Lipinski definition) is 2. The van der Waals surface area contributed by atoms with Crippen LogP contribution in [0.5, 0.6) is 5.88 Å². The molecule has 15 heteroatoms. The van der Waals surface area contributed by atoms with E-state index in [1.54, 1.807) is 44.2 Å². The zero-order valence-corrected chi connectivity index (χ0v) is 27.9. The quantitative estimate of drug-likeness (QED) is 0.105. The molecule has 266 valence electrons. The first-order valence-electron chi connectivity index (χ1n) is 16.2. The van der Waals surface area contributed by atoms with E-state index in [4.69, 9.17) is 9.47 Å². The van der Waals surface area contributed by atoms with E-state index in [1.165, 1.54) is 29.4 Å². The van der Waals surface area contributed by atoms with Gasteiger partial charge in [-0.2, -0.15) is 18.3 Å². The number of nitrogens with zero attached hydrogens (tertiary/aromatic N) is 5. The van der Waals surface area contributed by atoms with Gasteiger partial charge >= 0.3 is 12.3 Å². The number of rotatable bonds is 11.